The van der Waals surface area contributed by atoms with Crippen molar-refractivity contribution < 1.29 is 23.8 Å². The first kappa shape index (κ1) is 13.3. The molecule has 8 heteroatoms. The Balaban J connectivity index is 2.09. The van der Waals surface area contributed by atoms with Gasteiger partial charge in [-0.3, -0.25) is 4.79 Å². The number of nitrogens with two attached hydrogens (primary N) is 1. The van der Waals surface area contributed by atoms with Gasteiger partial charge in [-0.25, -0.2) is 4.79 Å². The highest BCUT2D eigenvalue weighted by molar-refractivity contribution is 5.87. The number of nitrogens with zero attached hydrogens (tertiary/aromatic N) is 2. The van der Waals surface area contributed by atoms with E-state index < -0.39 is 17.5 Å². The molecule has 0 saturated carbocycles. The number of aromatic nitrogens is 1. The molecular formula is C11H15N3O5. The fraction of sp³-hybridized carbons (Fsp3) is 0.545. The van der Waals surface area contributed by atoms with Crippen LogP contribution in [0.4, 0.5) is 6.01 Å². The lowest BCUT2D eigenvalue weighted by Crippen LogP contribution is -2.50. The lowest BCUT2D eigenvalue weighted by molar-refractivity contribution is -0.142. The van der Waals surface area contributed by atoms with E-state index in [0.29, 0.717) is 13.0 Å². The summed E-state index contributed by atoms with van der Waals surface area (Å²) < 4.78 is 9.94. The van der Waals surface area contributed by atoms with Gasteiger partial charge in [0.05, 0.1) is 13.2 Å². The van der Waals surface area contributed by atoms with Crippen LogP contribution in [0.2, 0.25) is 0 Å². The van der Waals surface area contributed by atoms with E-state index in [2.05, 4.69) is 4.98 Å². The Hall–Kier alpha value is -2.09. The van der Waals surface area contributed by atoms with E-state index in [1.165, 1.54) is 6.26 Å². The van der Waals surface area contributed by atoms with E-state index in [0.717, 1.165) is 0 Å². The second-order valence-corrected chi connectivity index (χ2v) is 4.37. The third-order valence-corrected chi connectivity index (χ3v) is 2.97. The highest BCUT2D eigenvalue weighted by Crippen LogP contribution is 2.25. The molecule has 1 saturated heterocycles. The molecule has 1 unspecified atom stereocenters. The Morgan fingerprint density at radius 1 is 1.68 bits per heavy atom. The molecule has 2 heterocycles. The van der Waals surface area contributed by atoms with Crippen LogP contribution in [-0.4, -0.2) is 47.3 Å². The zero-order valence-electron chi connectivity index (χ0n) is 10.5. The van der Waals surface area contributed by atoms with Crippen LogP contribution in [0.15, 0.2) is 10.7 Å². The lowest BCUT2D eigenvalue weighted by Gasteiger charge is -2.18. The predicted octanol–water partition coefficient (Wildman–Crippen LogP) is -0.156. The van der Waals surface area contributed by atoms with Crippen LogP contribution in [0.3, 0.4) is 0 Å². The van der Waals surface area contributed by atoms with Crippen LogP contribution in [-0.2, 0) is 9.53 Å². The first-order chi connectivity index (χ1) is 8.96. The van der Waals surface area contributed by atoms with Crippen molar-refractivity contribution in [3.63, 3.8) is 0 Å². The molecule has 104 valence electrons. The maximum atomic E-state index is 11.4. The molecule has 2 rings (SSSR count). The van der Waals surface area contributed by atoms with Crippen molar-refractivity contribution >= 4 is 18.0 Å². The first-order valence-electron chi connectivity index (χ1n) is 5.86. The van der Waals surface area contributed by atoms with Crippen molar-refractivity contribution in [2.75, 3.05) is 24.6 Å². The van der Waals surface area contributed by atoms with E-state index in [4.69, 9.17) is 20.0 Å². The quantitative estimate of drug-likeness (QED) is 0.724. The second-order valence-electron chi connectivity index (χ2n) is 4.37. The molecule has 1 aliphatic heterocycles. The standard InChI is InChI=1S/C11H15N3O5/c1-2-18-8(15)7-5-19-10(13-7)14-4-3-11(12,6-14)9(16)17/h5H,2-4,6,12H2,1H3,(H,16,17). The number of carbonyl (C=O) groups excluding carboxylic acids is 1. The topological polar surface area (TPSA) is 119 Å². The van der Waals surface area contributed by atoms with Gasteiger partial charge in [0.2, 0.25) is 0 Å². The van der Waals surface area contributed by atoms with Crippen molar-refractivity contribution in [1.82, 2.24) is 4.98 Å². The zero-order valence-corrected chi connectivity index (χ0v) is 10.5. The molecule has 19 heavy (non-hydrogen) atoms. The molecule has 1 aromatic rings. The van der Waals surface area contributed by atoms with E-state index in [9.17, 15) is 9.59 Å². The summed E-state index contributed by atoms with van der Waals surface area (Å²) in [7, 11) is 0. The number of carboxylic acid groups (broad SMARTS) is 1. The van der Waals surface area contributed by atoms with Gasteiger partial charge in [-0.1, -0.05) is 0 Å². The molecule has 0 radical (unpaired) electrons. The summed E-state index contributed by atoms with van der Waals surface area (Å²) in [6.07, 6.45) is 1.48. The van der Waals surface area contributed by atoms with Gasteiger partial charge in [0.25, 0.3) is 6.01 Å². The maximum Gasteiger partial charge on any atom is 0.360 e. The van der Waals surface area contributed by atoms with Crippen LogP contribution < -0.4 is 10.6 Å². The predicted molar refractivity (Wildman–Crippen MR) is 63.8 cm³/mol. The molecular weight excluding hydrogens is 254 g/mol. The van der Waals surface area contributed by atoms with Crippen molar-refractivity contribution in [2.45, 2.75) is 18.9 Å². The summed E-state index contributed by atoms with van der Waals surface area (Å²) in [6, 6.07) is 0.177. The van der Waals surface area contributed by atoms with Gasteiger partial charge in [0.15, 0.2) is 5.69 Å². The number of aliphatic carboxylic acids is 1. The largest absolute Gasteiger partial charge is 0.480 e. The van der Waals surface area contributed by atoms with E-state index in [1.807, 2.05) is 0 Å². The van der Waals surface area contributed by atoms with Gasteiger partial charge in [0, 0.05) is 6.54 Å². The summed E-state index contributed by atoms with van der Waals surface area (Å²) in [6.45, 7) is 2.43. The van der Waals surface area contributed by atoms with Crippen molar-refractivity contribution in [3.8, 4) is 0 Å². The number of anilines is 1. The van der Waals surface area contributed by atoms with Crippen LogP contribution in [0, 0.1) is 0 Å². The molecule has 0 amide bonds. The fourth-order valence-corrected chi connectivity index (χ4v) is 1.88. The minimum atomic E-state index is -1.31. The Bertz CT molecular complexity index is 500. The number of carboxylic acids is 1. The number of hydrogen-bond acceptors (Lipinski definition) is 7. The molecule has 0 spiro atoms. The maximum absolute atomic E-state index is 11.4. The van der Waals surface area contributed by atoms with Crippen molar-refractivity contribution in [3.05, 3.63) is 12.0 Å². The average molecular weight is 269 g/mol. The number of oxazole rings is 1. The van der Waals surface area contributed by atoms with Gasteiger partial charge < -0.3 is 24.9 Å². The van der Waals surface area contributed by atoms with Gasteiger partial charge in [-0.2, -0.15) is 4.98 Å². The van der Waals surface area contributed by atoms with Gasteiger partial charge in [0.1, 0.15) is 11.8 Å². The monoisotopic (exact) mass is 269 g/mol. The molecule has 1 aliphatic rings. The number of ether oxygens (including phenoxy) is 1. The van der Waals surface area contributed by atoms with Crippen LogP contribution >= 0.6 is 0 Å². The molecule has 0 aromatic carbocycles. The summed E-state index contributed by atoms with van der Waals surface area (Å²) >= 11 is 0. The number of hydrogen-bond donors (Lipinski definition) is 2. The third-order valence-electron chi connectivity index (χ3n) is 2.97. The molecule has 1 fully saturated rings. The average Bonchev–Trinajstić information content (AvgIpc) is 2.96. The summed E-state index contributed by atoms with van der Waals surface area (Å²) in [5.41, 5.74) is 4.49. The van der Waals surface area contributed by atoms with Gasteiger partial charge in [-0.15, -0.1) is 0 Å². The Morgan fingerprint density at radius 2 is 2.42 bits per heavy atom. The molecule has 1 atom stereocenters. The Kier molecular flexibility index (Phi) is 3.43. The van der Waals surface area contributed by atoms with Crippen molar-refractivity contribution in [2.24, 2.45) is 5.73 Å². The summed E-state index contributed by atoms with van der Waals surface area (Å²) in [5, 5.41) is 9.02. The minimum Gasteiger partial charge on any atom is -0.480 e. The highest BCUT2D eigenvalue weighted by atomic mass is 16.5. The van der Waals surface area contributed by atoms with E-state index in [-0.39, 0.29) is 24.9 Å². The SMILES string of the molecule is CCOC(=O)c1coc(N2CCC(N)(C(=O)O)C2)n1. The summed E-state index contributed by atoms with van der Waals surface area (Å²) in [4.78, 5) is 28.0. The molecule has 3 N–H and O–H groups in total. The van der Waals surface area contributed by atoms with Gasteiger partial charge >= 0.3 is 11.9 Å². The first-order valence-corrected chi connectivity index (χ1v) is 5.86. The number of esters is 1. The highest BCUT2D eigenvalue weighted by Gasteiger charge is 2.42. The zero-order chi connectivity index (χ0) is 14.0. The van der Waals surface area contributed by atoms with E-state index in [1.54, 1.807) is 11.8 Å². The minimum absolute atomic E-state index is 0.0571. The number of rotatable bonds is 4. The van der Waals surface area contributed by atoms with Crippen LogP contribution in [0.25, 0.3) is 0 Å². The molecule has 8 nitrogen and oxygen atoms in total. The van der Waals surface area contributed by atoms with Crippen molar-refractivity contribution in [1.29, 1.82) is 0 Å². The third kappa shape index (κ3) is 2.53. The molecule has 0 aliphatic carbocycles. The normalized spacial score (nSPS) is 22.5. The van der Waals surface area contributed by atoms with Gasteiger partial charge in [-0.05, 0) is 13.3 Å². The summed E-state index contributed by atoms with van der Waals surface area (Å²) in [5.74, 6) is -1.64. The lowest BCUT2D eigenvalue weighted by atomic mass is 10.0. The van der Waals surface area contributed by atoms with Crippen LogP contribution in [0.5, 0.6) is 0 Å². The van der Waals surface area contributed by atoms with Crippen LogP contribution in [0.1, 0.15) is 23.8 Å². The molecule has 1 aromatic heterocycles. The second kappa shape index (κ2) is 4.88. The fourth-order valence-electron chi connectivity index (χ4n) is 1.88. The Labute approximate surface area is 109 Å². The van der Waals surface area contributed by atoms with E-state index >= 15 is 0 Å². The Morgan fingerprint density at radius 3 is 3.00 bits per heavy atom. The molecule has 0 bridgehead atoms. The number of carbonyl (C=O) groups is 2. The smallest absolute Gasteiger partial charge is 0.360 e.